The number of benzene rings is 2. The number of para-hydroxylation sites is 1. The Morgan fingerprint density at radius 2 is 1.94 bits per heavy atom. The van der Waals surface area contributed by atoms with Gasteiger partial charge in [0.15, 0.2) is 0 Å². The van der Waals surface area contributed by atoms with Crippen LogP contribution in [0.4, 0.5) is 17.1 Å². The van der Waals surface area contributed by atoms with Crippen LogP contribution >= 0.6 is 0 Å². The highest BCUT2D eigenvalue weighted by Crippen LogP contribution is 2.36. The third kappa shape index (κ3) is 1.59. The normalized spacial score (nSPS) is 13.2. The fourth-order valence-corrected chi connectivity index (χ4v) is 2.47. The number of nitrogens with two attached hydrogens (primary N) is 1. The molecular weight excluding hydrogens is 222 g/mol. The zero-order valence-corrected chi connectivity index (χ0v) is 9.93. The Bertz CT molecular complexity index is 640. The van der Waals surface area contributed by atoms with E-state index in [1.165, 1.54) is 11.3 Å². The molecule has 1 aliphatic rings. The van der Waals surface area contributed by atoms with Crippen LogP contribution < -0.4 is 10.6 Å². The summed E-state index contributed by atoms with van der Waals surface area (Å²) in [4.78, 5) is 2.19. The molecule has 2 aromatic carbocycles. The third-order valence-electron chi connectivity index (χ3n) is 3.32. The van der Waals surface area contributed by atoms with E-state index in [0.717, 1.165) is 18.7 Å². The minimum Gasteiger partial charge on any atom is -0.399 e. The first-order valence-electron chi connectivity index (χ1n) is 5.94. The Morgan fingerprint density at radius 3 is 2.78 bits per heavy atom. The predicted molar refractivity (Wildman–Crippen MR) is 72.7 cm³/mol. The van der Waals surface area contributed by atoms with E-state index in [9.17, 15) is 5.26 Å². The number of nitrogens with zero attached hydrogens (tertiary/aromatic N) is 2. The van der Waals surface area contributed by atoms with E-state index in [2.05, 4.69) is 29.2 Å². The fraction of sp³-hybridized carbons (Fsp3) is 0.133. The lowest BCUT2D eigenvalue weighted by Crippen LogP contribution is -2.14. The summed E-state index contributed by atoms with van der Waals surface area (Å²) in [5, 5.41) is 9.22. The molecule has 1 aliphatic heterocycles. The van der Waals surface area contributed by atoms with Crippen molar-refractivity contribution in [1.82, 2.24) is 0 Å². The van der Waals surface area contributed by atoms with Crippen LogP contribution in [0.25, 0.3) is 0 Å². The van der Waals surface area contributed by atoms with Crippen molar-refractivity contribution in [3.8, 4) is 6.07 Å². The highest BCUT2D eigenvalue weighted by atomic mass is 15.2. The number of anilines is 3. The van der Waals surface area contributed by atoms with E-state index in [-0.39, 0.29) is 0 Å². The highest BCUT2D eigenvalue weighted by Gasteiger charge is 2.21. The number of nitriles is 1. The molecule has 3 rings (SSSR count). The van der Waals surface area contributed by atoms with Crippen LogP contribution in [-0.4, -0.2) is 6.54 Å². The summed E-state index contributed by atoms with van der Waals surface area (Å²) in [5.74, 6) is 0. The fourth-order valence-electron chi connectivity index (χ4n) is 2.47. The lowest BCUT2D eigenvalue weighted by molar-refractivity contribution is 0.996. The number of hydrogen-bond donors (Lipinski definition) is 1. The number of hydrogen-bond acceptors (Lipinski definition) is 3. The van der Waals surface area contributed by atoms with Gasteiger partial charge >= 0.3 is 0 Å². The van der Waals surface area contributed by atoms with Crippen LogP contribution in [0.1, 0.15) is 11.1 Å². The molecule has 88 valence electrons. The molecule has 0 amide bonds. The molecule has 3 nitrogen and oxygen atoms in total. The molecular formula is C15H13N3. The number of nitrogen functional groups attached to an aromatic ring is 1. The van der Waals surface area contributed by atoms with Crippen LogP contribution in [-0.2, 0) is 6.42 Å². The van der Waals surface area contributed by atoms with Gasteiger partial charge in [-0.3, -0.25) is 0 Å². The van der Waals surface area contributed by atoms with Gasteiger partial charge in [-0.1, -0.05) is 18.2 Å². The minimum absolute atomic E-state index is 0.628. The van der Waals surface area contributed by atoms with E-state index in [1.54, 1.807) is 6.07 Å². The van der Waals surface area contributed by atoms with Crippen molar-refractivity contribution in [1.29, 1.82) is 5.26 Å². The van der Waals surface area contributed by atoms with Crippen LogP contribution in [0, 0.1) is 11.3 Å². The molecule has 0 aliphatic carbocycles. The zero-order valence-electron chi connectivity index (χ0n) is 9.93. The minimum atomic E-state index is 0.628. The Hall–Kier alpha value is -2.47. The summed E-state index contributed by atoms with van der Waals surface area (Å²) >= 11 is 0. The van der Waals surface area contributed by atoms with Crippen molar-refractivity contribution in [2.24, 2.45) is 0 Å². The summed E-state index contributed by atoms with van der Waals surface area (Å²) in [6, 6.07) is 16.0. The van der Waals surface area contributed by atoms with Gasteiger partial charge in [0, 0.05) is 17.9 Å². The molecule has 0 atom stereocenters. The van der Waals surface area contributed by atoms with Gasteiger partial charge in [0.25, 0.3) is 0 Å². The molecule has 1 heterocycles. The maximum atomic E-state index is 9.22. The van der Waals surface area contributed by atoms with Crippen molar-refractivity contribution in [3.63, 3.8) is 0 Å². The number of rotatable bonds is 1. The van der Waals surface area contributed by atoms with Gasteiger partial charge < -0.3 is 10.6 Å². The summed E-state index contributed by atoms with van der Waals surface area (Å²) in [6.07, 6.45) is 1.02. The second-order valence-corrected chi connectivity index (χ2v) is 4.42. The van der Waals surface area contributed by atoms with Gasteiger partial charge in [-0.15, -0.1) is 0 Å². The molecule has 0 spiro atoms. The lowest BCUT2D eigenvalue weighted by Gasteiger charge is -2.20. The predicted octanol–water partition coefficient (Wildman–Crippen LogP) is 2.83. The topological polar surface area (TPSA) is 53.1 Å². The standard InChI is InChI=1S/C15H13N3/c16-10-12-9-13(17)5-6-15(12)18-8-7-11-3-1-2-4-14(11)18/h1-6,9H,7-8,17H2. The van der Waals surface area contributed by atoms with Crippen molar-refractivity contribution in [3.05, 3.63) is 53.6 Å². The Balaban J connectivity index is 2.11. The van der Waals surface area contributed by atoms with Crippen molar-refractivity contribution < 1.29 is 0 Å². The first-order chi connectivity index (χ1) is 8.79. The van der Waals surface area contributed by atoms with Gasteiger partial charge in [-0.2, -0.15) is 5.26 Å². The van der Waals surface area contributed by atoms with E-state index in [4.69, 9.17) is 5.73 Å². The summed E-state index contributed by atoms with van der Waals surface area (Å²) in [6.45, 7) is 0.915. The molecule has 18 heavy (non-hydrogen) atoms. The van der Waals surface area contributed by atoms with Crippen LogP contribution in [0.5, 0.6) is 0 Å². The highest BCUT2D eigenvalue weighted by molar-refractivity contribution is 5.75. The second kappa shape index (κ2) is 4.08. The van der Waals surface area contributed by atoms with E-state index >= 15 is 0 Å². The van der Waals surface area contributed by atoms with Gasteiger partial charge in [-0.05, 0) is 36.2 Å². The van der Waals surface area contributed by atoms with Crippen molar-refractivity contribution >= 4 is 17.1 Å². The summed E-state index contributed by atoms with van der Waals surface area (Å²) < 4.78 is 0. The first-order valence-corrected chi connectivity index (χ1v) is 5.94. The molecule has 3 heteroatoms. The molecule has 0 saturated carbocycles. The average molecular weight is 235 g/mol. The molecule has 0 aromatic heterocycles. The molecule has 0 unspecified atom stereocenters. The molecule has 0 saturated heterocycles. The quantitative estimate of drug-likeness (QED) is 0.773. The summed E-state index contributed by atoms with van der Waals surface area (Å²) in [5.41, 5.74) is 10.5. The molecule has 2 aromatic rings. The molecule has 2 N–H and O–H groups in total. The number of fused-ring (bicyclic) bond motifs is 1. The third-order valence-corrected chi connectivity index (χ3v) is 3.32. The lowest BCUT2D eigenvalue weighted by atomic mass is 10.1. The Morgan fingerprint density at radius 1 is 1.11 bits per heavy atom. The Labute approximate surface area is 106 Å². The zero-order chi connectivity index (χ0) is 12.5. The van der Waals surface area contributed by atoms with Crippen molar-refractivity contribution in [2.45, 2.75) is 6.42 Å². The van der Waals surface area contributed by atoms with E-state index in [0.29, 0.717) is 11.3 Å². The molecule has 0 bridgehead atoms. The first kappa shape index (κ1) is 10.7. The summed E-state index contributed by atoms with van der Waals surface area (Å²) in [7, 11) is 0. The maximum Gasteiger partial charge on any atom is 0.101 e. The van der Waals surface area contributed by atoms with Gasteiger partial charge in [0.05, 0.1) is 11.3 Å². The second-order valence-electron chi connectivity index (χ2n) is 4.42. The van der Waals surface area contributed by atoms with Gasteiger partial charge in [-0.25, -0.2) is 0 Å². The monoisotopic (exact) mass is 235 g/mol. The van der Waals surface area contributed by atoms with Gasteiger partial charge in [0.1, 0.15) is 6.07 Å². The van der Waals surface area contributed by atoms with Crippen molar-refractivity contribution in [2.75, 3.05) is 17.2 Å². The SMILES string of the molecule is N#Cc1cc(N)ccc1N1CCc2ccccc21. The molecule has 0 fully saturated rings. The van der Waals surface area contributed by atoms with Crippen LogP contribution in [0.2, 0.25) is 0 Å². The average Bonchev–Trinajstić information content (AvgIpc) is 2.82. The smallest absolute Gasteiger partial charge is 0.101 e. The Kier molecular flexibility index (Phi) is 2.42. The van der Waals surface area contributed by atoms with Crippen LogP contribution in [0.3, 0.4) is 0 Å². The van der Waals surface area contributed by atoms with E-state index < -0.39 is 0 Å². The molecule has 0 radical (unpaired) electrons. The van der Waals surface area contributed by atoms with Gasteiger partial charge in [0.2, 0.25) is 0 Å². The maximum absolute atomic E-state index is 9.22. The van der Waals surface area contributed by atoms with Crippen LogP contribution in [0.15, 0.2) is 42.5 Å². The largest absolute Gasteiger partial charge is 0.399 e. The van der Waals surface area contributed by atoms with E-state index in [1.807, 2.05) is 18.2 Å².